The lowest BCUT2D eigenvalue weighted by Gasteiger charge is -2.31. The van der Waals surface area contributed by atoms with Crippen molar-refractivity contribution >= 4 is 11.8 Å². The summed E-state index contributed by atoms with van der Waals surface area (Å²) >= 11 is 0. The lowest BCUT2D eigenvalue weighted by atomic mass is 9.95. The molecule has 22 heavy (non-hydrogen) atoms. The van der Waals surface area contributed by atoms with Crippen molar-refractivity contribution in [3.05, 3.63) is 35.4 Å². The van der Waals surface area contributed by atoms with Crippen LogP contribution >= 0.6 is 0 Å². The molecule has 0 bridgehead atoms. The summed E-state index contributed by atoms with van der Waals surface area (Å²) in [6, 6.07) is 4.20. The molecule has 4 nitrogen and oxygen atoms in total. The summed E-state index contributed by atoms with van der Waals surface area (Å²) in [4.78, 5) is 25.3. The molecule has 0 spiro atoms. The first-order chi connectivity index (χ1) is 10.3. The second-order valence-electron chi connectivity index (χ2n) is 5.26. The Morgan fingerprint density at radius 3 is 2.14 bits per heavy atom. The summed E-state index contributed by atoms with van der Waals surface area (Å²) in [7, 11) is 1.57. The van der Waals surface area contributed by atoms with Crippen molar-refractivity contribution < 1.29 is 22.8 Å². The van der Waals surface area contributed by atoms with Gasteiger partial charge in [-0.25, -0.2) is 0 Å². The van der Waals surface area contributed by atoms with Crippen molar-refractivity contribution in [3.8, 4) is 0 Å². The lowest BCUT2D eigenvalue weighted by molar-refractivity contribution is -0.137. The van der Waals surface area contributed by atoms with Gasteiger partial charge in [0.2, 0.25) is 5.91 Å². The number of halogens is 3. The van der Waals surface area contributed by atoms with Crippen LogP contribution in [0.1, 0.15) is 28.8 Å². The van der Waals surface area contributed by atoms with Gasteiger partial charge in [-0.3, -0.25) is 9.59 Å². The molecule has 1 fully saturated rings. The fraction of sp³-hybridized carbons (Fsp3) is 0.467. The zero-order chi connectivity index (χ0) is 16.3. The van der Waals surface area contributed by atoms with Gasteiger partial charge in [-0.2, -0.15) is 13.2 Å². The number of rotatable bonds is 2. The fourth-order valence-electron chi connectivity index (χ4n) is 2.53. The highest BCUT2D eigenvalue weighted by atomic mass is 19.4. The third kappa shape index (κ3) is 3.58. The number of piperidine rings is 1. The van der Waals surface area contributed by atoms with Crippen molar-refractivity contribution in [3.63, 3.8) is 0 Å². The van der Waals surface area contributed by atoms with E-state index in [0.717, 1.165) is 12.1 Å². The van der Waals surface area contributed by atoms with E-state index >= 15 is 0 Å². The minimum Gasteiger partial charge on any atom is -0.359 e. The Labute approximate surface area is 126 Å². The zero-order valence-electron chi connectivity index (χ0n) is 12.1. The van der Waals surface area contributed by atoms with Gasteiger partial charge in [0.1, 0.15) is 0 Å². The second kappa shape index (κ2) is 6.37. The molecule has 1 aromatic rings. The Morgan fingerprint density at radius 1 is 1.14 bits per heavy atom. The Morgan fingerprint density at radius 2 is 1.68 bits per heavy atom. The van der Waals surface area contributed by atoms with Crippen molar-refractivity contribution in [1.82, 2.24) is 10.2 Å². The first-order valence-electron chi connectivity index (χ1n) is 7.01. The summed E-state index contributed by atoms with van der Waals surface area (Å²) in [5.74, 6) is -0.452. The highest BCUT2D eigenvalue weighted by molar-refractivity contribution is 5.94. The molecule has 1 heterocycles. The summed E-state index contributed by atoms with van der Waals surface area (Å²) in [6.45, 7) is 0.857. The molecule has 0 radical (unpaired) electrons. The van der Waals surface area contributed by atoms with Gasteiger partial charge in [-0.1, -0.05) is 0 Å². The number of amides is 2. The monoisotopic (exact) mass is 314 g/mol. The van der Waals surface area contributed by atoms with Crippen LogP contribution < -0.4 is 5.32 Å². The maximum atomic E-state index is 12.5. The third-order valence-corrected chi connectivity index (χ3v) is 3.86. The minimum atomic E-state index is -4.41. The van der Waals surface area contributed by atoms with Crippen molar-refractivity contribution in [2.75, 3.05) is 20.1 Å². The molecule has 0 saturated carbocycles. The van der Waals surface area contributed by atoms with Gasteiger partial charge in [0.15, 0.2) is 0 Å². The van der Waals surface area contributed by atoms with Crippen LogP contribution in [0.25, 0.3) is 0 Å². The number of nitrogens with one attached hydrogen (secondary N) is 1. The van der Waals surface area contributed by atoms with E-state index in [9.17, 15) is 22.8 Å². The molecule has 120 valence electrons. The number of benzene rings is 1. The fourth-order valence-corrected chi connectivity index (χ4v) is 2.53. The van der Waals surface area contributed by atoms with Crippen molar-refractivity contribution in [2.24, 2.45) is 5.92 Å². The van der Waals surface area contributed by atoms with Crippen LogP contribution in [-0.2, 0) is 11.0 Å². The number of alkyl halides is 3. The maximum Gasteiger partial charge on any atom is 0.416 e. The van der Waals surface area contributed by atoms with Crippen LogP contribution in [0.4, 0.5) is 13.2 Å². The molecule has 1 aromatic carbocycles. The Hall–Kier alpha value is -2.05. The molecule has 2 amide bonds. The molecular formula is C15H17F3N2O2. The first kappa shape index (κ1) is 16.3. The third-order valence-electron chi connectivity index (χ3n) is 3.86. The first-order valence-corrected chi connectivity index (χ1v) is 7.01. The molecule has 1 saturated heterocycles. The summed E-state index contributed by atoms with van der Waals surface area (Å²) in [6.07, 6.45) is -3.29. The number of carbonyl (C=O) groups is 2. The van der Waals surface area contributed by atoms with Gasteiger partial charge < -0.3 is 10.2 Å². The number of nitrogens with zero attached hydrogens (tertiary/aromatic N) is 1. The maximum absolute atomic E-state index is 12.5. The Balaban J connectivity index is 2.00. The quantitative estimate of drug-likeness (QED) is 0.910. The van der Waals surface area contributed by atoms with Crippen molar-refractivity contribution in [1.29, 1.82) is 0 Å². The normalized spacial score (nSPS) is 16.5. The molecule has 0 unspecified atom stereocenters. The summed E-state index contributed by atoms with van der Waals surface area (Å²) < 4.78 is 37.5. The highest BCUT2D eigenvalue weighted by Gasteiger charge is 2.31. The highest BCUT2D eigenvalue weighted by Crippen LogP contribution is 2.29. The lowest BCUT2D eigenvalue weighted by Crippen LogP contribution is -2.42. The van der Waals surface area contributed by atoms with E-state index in [1.54, 1.807) is 11.9 Å². The molecule has 0 aromatic heterocycles. The Kier molecular flexibility index (Phi) is 4.73. The van der Waals surface area contributed by atoms with Crippen molar-refractivity contribution in [2.45, 2.75) is 19.0 Å². The van der Waals surface area contributed by atoms with E-state index in [1.807, 2.05) is 0 Å². The molecule has 0 aliphatic carbocycles. The van der Waals surface area contributed by atoms with Gasteiger partial charge in [-0.15, -0.1) is 0 Å². The van der Waals surface area contributed by atoms with Crippen LogP contribution in [-0.4, -0.2) is 36.9 Å². The standard InChI is InChI=1S/C15H17F3N2O2/c1-19-13(21)10-6-8-20(9-7-10)14(22)11-2-4-12(5-3-11)15(16,17)18/h2-5,10H,6-9H2,1H3,(H,19,21). The largest absolute Gasteiger partial charge is 0.416 e. The number of hydrogen-bond donors (Lipinski definition) is 1. The molecule has 0 atom stereocenters. The van der Waals surface area contributed by atoms with Crippen LogP contribution in [0, 0.1) is 5.92 Å². The van der Waals surface area contributed by atoms with Gasteiger partial charge >= 0.3 is 6.18 Å². The van der Waals surface area contributed by atoms with Crippen LogP contribution in [0.5, 0.6) is 0 Å². The topological polar surface area (TPSA) is 49.4 Å². The molecule has 7 heteroatoms. The molecule has 1 N–H and O–H groups in total. The predicted molar refractivity (Wildman–Crippen MR) is 74.1 cm³/mol. The molecular weight excluding hydrogens is 297 g/mol. The van der Waals surface area contributed by atoms with Crippen LogP contribution in [0.15, 0.2) is 24.3 Å². The molecule has 2 rings (SSSR count). The van der Waals surface area contributed by atoms with E-state index in [4.69, 9.17) is 0 Å². The SMILES string of the molecule is CNC(=O)C1CCN(C(=O)c2ccc(C(F)(F)F)cc2)CC1. The number of hydrogen-bond acceptors (Lipinski definition) is 2. The van der Waals surface area contributed by atoms with E-state index < -0.39 is 11.7 Å². The number of carbonyl (C=O) groups excluding carboxylic acids is 2. The smallest absolute Gasteiger partial charge is 0.359 e. The van der Waals surface area contributed by atoms with E-state index in [0.29, 0.717) is 25.9 Å². The van der Waals surface area contributed by atoms with E-state index in [1.165, 1.54) is 12.1 Å². The van der Waals surface area contributed by atoms with Crippen LogP contribution in [0.3, 0.4) is 0 Å². The minimum absolute atomic E-state index is 0.0402. The van der Waals surface area contributed by atoms with Gasteiger partial charge in [-0.05, 0) is 37.1 Å². The van der Waals surface area contributed by atoms with Gasteiger partial charge in [0.25, 0.3) is 5.91 Å². The number of likely N-dealkylation sites (tertiary alicyclic amines) is 1. The Bertz CT molecular complexity index is 547. The molecule has 1 aliphatic rings. The predicted octanol–water partition coefficient (Wildman–Crippen LogP) is 2.30. The summed E-state index contributed by atoms with van der Waals surface area (Å²) in [5, 5.41) is 2.58. The van der Waals surface area contributed by atoms with Crippen LogP contribution in [0.2, 0.25) is 0 Å². The van der Waals surface area contributed by atoms with E-state index in [2.05, 4.69) is 5.32 Å². The van der Waals surface area contributed by atoms with Gasteiger partial charge in [0, 0.05) is 31.6 Å². The average Bonchev–Trinajstić information content (AvgIpc) is 2.53. The average molecular weight is 314 g/mol. The summed E-state index contributed by atoms with van der Waals surface area (Å²) in [5.41, 5.74) is -0.547. The molecule has 1 aliphatic heterocycles. The van der Waals surface area contributed by atoms with Gasteiger partial charge in [0.05, 0.1) is 5.56 Å². The zero-order valence-corrected chi connectivity index (χ0v) is 12.1. The second-order valence-corrected chi connectivity index (χ2v) is 5.26. The van der Waals surface area contributed by atoms with E-state index in [-0.39, 0.29) is 23.3 Å².